The standard InChI is InChI=1S/C30H38N4O4S2/c1-29(2,3)21-14-19(15-22(26(21)35)30(4,5)6)24-17-40-27(31-24)18-10-12-33(13-11-18)28(39)32-23-9-8-20(38-7)16-25(23)34(36)37/h8-9,14-18,35H,10-13H2,1-7H3,(H,32,39). The van der Waals surface area contributed by atoms with Crippen LogP contribution in [0.4, 0.5) is 11.4 Å². The minimum Gasteiger partial charge on any atom is -0.507 e. The van der Waals surface area contributed by atoms with Gasteiger partial charge in [-0.15, -0.1) is 11.3 Å². The first kappa shape index (κ1) is 29.7. The van der Waals surface area contributed by atoms with Gasteiger partial charge in [0.2, 0.25) is 0 Å². The second-order valence-electron chi connectivity index (χ2n) is 12.3. The van der Waals surface area contributed by atoms with E-state index in [0.29, 0.717) is 28.2 Å². The van der Waals surface area contributed by atoms with Crippen LogP contribution in [0.1, 0.15) is 76.4 Å². The van der Waals surface area contributed by atoms with Crippen molar-refractivity contribution >= 4 is 40.0 Å². The number of phenolic OH excluding ortho intramolecular Hbond substituents is 1. The highest BCUT2D eigenvalue weighted by Gasteiger charge is 2.29. The summed E-state index contributed by atoms with van der Waals surface area (Å²) in [5, 5.41) is 29.4. The SMILES string of the molecule is COc1ccc(NC(=S)N2CCC(c3nc(-c4cc(C(C)(C)C)c(O)c(C(C)(C)C)c4)cs3)CC2)c([N+](=O)[O-])c1. The molecule has 2 N–H and O–H groups in total. The Bertz CT molecular complexity index is 1380. The third-order valence-electron chi connectivity index (χ3n) is 7.32. The van der Waals surface area contributed by atoms with Crippen LogP contribution in [-0.4, -0.2) is 45.2 Å². The molecule has 0 unspecified atom stereocenters. The molecule has 1 fully saturated rings. The van der Waals surface area contributed by atoms with Gasteiger partial charge in [0.1, 0.15) is 17.2 Å². The highest BCUT2D eigenvalue weighted by molar-refractivity contribution is 7.80. The van der Waals surface area contributed by atoms with E-state index in [1.165, 1.54) is 13.2 Å². The quantitative estimate of drug-likeness (QED) is 0.180. The number of nitrogens with zero attached hydrogens (tertiary/aromatic N) is 3. The molecule has 0 aliphatic carbocycles. The highest BCUT2D eigenvalue weighted by atomic mass is 32.1. The van der Waals surface area contributed by atoms with Gasteiger partial charge >= 0.3 is 0 Å². The molecule has 1 aliphatic heterocycles. The molecular formula is C30H38N4O4S2. The zero-order valence-corrected chi connectivity index (χ0v) is 25.8. The Morgan fingerprint density at radius 3 is 2.25 bits per heavy atom. The molecule has 1 saturated heterocycles. The van der Waals surface area contributed by atoms with Gasteiger partial charge in [-0.2, -0.15) is 0 Å². The average molecular weight is 583 g/mol. The van der Waals surface area contributed by atoms with Crippen LogP contribution in [0.25, 0.3) is 11.3 Å². The lowest BCUT2D eigenvalue weighted by atomic mass is 9.78. The molecular weight excluding hydrogens is 544 g/mol. The van der Waals surface area contributed by atoms with E-state index in [-0.39, 0.29) is 16.5 Å². The molecule has 0 amide bonds. The van der Waals surface area contributed by atoms with Crippen molar-refractivity contribution in [2.45, 2.75) is 71.1 Å². The van der Waals surface area contributed by atoms with Crippen molar-refractivity contribution in [1.82, 2.24) is 9.88 Å². The Kier molecular flexibility index (Phi) is 8.42. The Labute approximate surface area is 245 Å². The topological polar surface area (TPSA) is 101 Å². The van der Waals surface area contributed by atoms with Crippen molar-refractivity contribution in [1.29, 1.82) is 0 Å². The monoisotopic (exact) mass is 582 g/mol. The fourth-order valence-electron chi connectivity index (χ4n) is 4.95. The first-order valence-corrected chi connectivity index (χ1v) is 14.7. The van der Waals surface area contributed by atoms with Gasteiger partial charge in [0.25, 0.3) is 5.69 Å². The van der Waals surface area contributed by atoms with Gasteiger partial charge < -0.3 is 20.1 Å². The van der Waals surface area contributed by atoms with Crippen molar-refractivity contribution in [2.75, 3.05) is 25.5 Å². The Morgan fingerprint density at radius 2 is 1.73 bits per heavy atom. The number of methoxy groups -OCH3 is 1. The summed E-state index contributed by atoms with van der Waals surface area (Å²) < 4.78 is 5.12. The number of nitrogens with one attached hydrogen (secondary N) is 1. The molecule has 8 nitrogen and oxygen atoms in total. The number of anilines is 1. The minimum atomic E-state index is -0.442. The number of thiazole rings is 1. The maximum absolute atomic E-state index is 11.5. The van der Waals surface area contributed by atoms with Crippen LogP contribution >= 0.6 is 23.6 Å². The number of hydrogen-bond acceptors (Lipinski definition) is 7. The summed E-state index contributed by atoms with van der Waals surface area (Å²) in [5.41, 5.74) is 3.67. The minimum absolute atomic E-state index is 0.0784. The molecule has 1 aliphatic rings. The van der Waals surface area contributed by atoms with E-state index in [9.17, 15) is 15.2 Å². The van der Waals surface area contributed by atoms with Crippen molar-refractivity contribution in [3.05, 3.63) is 62.0 Å². The summed E-state index contributed by atoms with van der Waals surface area (Å²) in [7, 11) is 1.48. The number of rotatable bonds is 5. The molecule has 2 aromatic carbocycles. The molecule has 10 heteroatoms. The lowest BCUT2D eigenvalue weighted by molar-refractivity contribution is -0.384. The maximum Gasteiger partial charge on any atom is 0.296 e. The Balaban J connectivity index is 1.48. The molecule has 0 radical (unpaired) electrons. The first-order chi connectivity index (χ1) is 18.7. The number of aromatic hydroxyl groups is 1. The zero-order valence-electron chi connectivity index (χ0n) is 24.2. The van der Waals surface area contributed by atoms with E-state index in [1.54, 1.807) is 23.5 Å². The molecule has 0 spiro atoms. The summed E-state index contributed by atoms with van der Waals surface area (Å²) in [6.45, 7) is 14.2. The summed E-state index contributed by atoms with van der Waals surface area (Å²) in [4.78, 5) is 18.2. The molecule has 3 aromatic rings. The predicted octanol–water partition coefficient (Wildman–Crippen LogP) is 7.60. The van der Waals surface area contributed by atoms with E-state index in [0.717, 1.165) is 53.3 Å². The smallest absolute Gasteiger partial charge is 0.296 e. The molecule has 40 heavy (non-hydrogen) atoms. The van der Waals surface area contributed by atoms with Crippen molar-refractivity contribution in [2.24, 2.45) is 0 Å². The van der Waals surface area contributed by atoms with E-state index in [1.807, 2.05) is 0 Å². The van der Waals surface area contributed by atoms with Crippen molar-refractivity contribution < 1.29 is 14.8 Å². The summed E-state index contributed by atoms with van der Waals surface area (Å²) >= 11 is 7.28. The molecule has 214 valence electrons. The molecule has 1 aromatic heterocycles. The van der Waals surface area contributed by atoms with Gasteiger partial charge in [0.05, 0.1) is 28.8 Å². The lowest BCUT2D eigenvalue weighted by Crippen LogP contribution is -2.40. The first-order valence-electron chi connectivity index (χ1n) is 13.4. The number of benzene rings is 2. The number of hydrogen-bond donors (Lipinski definition) is 2. The fourth-order valence-corrected chi connectivity index (χ4v) is 6.25. The number of likely N-dealkylation sites (tertiary alicyclic amines) is 1. The van der Waals surface area contributed by atoms with Gasteiger partial charge in [-0.25, -0.2) is 4.98 Å². The summed E-state index contributed by atoms with van der Waals surface area (Å²) in [6, 6.07) is 8.84. The fraction of sp³-hybridized carbons (Fsp3) is 0.467. The van der Waals surface area contributed by atoms with Crippen LogP contribution in [0.3, 0.4) is 0 Å². The largest absolute Gasteiger partial charge is 0.507 e. The van der Waals surface area contributed by atoms with Crippen LogP contribution in [0.2, 0.25) is 0 Å². The van der Waals surface area contributed by atoms with E-state index in [2.05, 4.69) is 69.3 Å². The van der Waals surface area contributed by atoms with Crippen molar-refractivity contribution in [3.63, 3.8) is 0 Å². The van der Waals surface area contributed by atoms with Gasteiger partial charge in [-0.05, 0) is 60.2 Å². The van der Waals surface area contributed by atoms with Gasteiger partial charge in [-0.1, -0.05) is 41.5 Å². The molecule has 0 saturated carbocycles. The lowest BCUT2D eigenvalue weighted by Gasteiger charge is -2.33. The van der Waals surface area contributed by atoms with E-state index in [4.69, 9.17) is 21.9 Å². The van der Waals surface area contributed by atoms with E-state index >= 15 is 0 Å². The second kappa shape index (κ2) is 11.3. The Hall–Kier alpha value is -3.24. The van der Waals surface area contributed by atoms with Crippen LogP contribution in [0.5, 0.6) is 11.5 Å². The van der Waals surface area contributed by atoms with Gasteiger partial charge in [0, 0.05) is 41.1 Å². The third kappa shape index (κ3) is 6.39. The van der Waals surface area contributed by atoms with Crippen LogP contribution < -0.4 is 10.1 Å². The number of piperidine rings is 1. The average Bonchev–Trinajstić information content (AvgIpc) is 3.38. The Morgan fingerprint density at radius 1 is 1.12 bits per heavy atom. The summed E-state index contributed by atoms with van der Waals surface area (Å²) in [5.74, 6) is 1.11. The number of nitro benzene ring substituents is 1. The van der Waals surface area contributed by atoms with Crippen LogP contribution in [0.15, 0.2) is 35.7 Å². The number of ether oxygens (including phenoxy) is 1. The number of phenols is 1. The summed E-state index contributed by atoms with van der Waals surface area (Å²) in [6.07, 6.45) is 1.77. The normalized spacial score (nSPS) is 14.7. The second-order valence-corrected chi connectivity index (χ2v) is 13.6. The van der Waals surface area contributed by atoms with Gasteiger partial charge in [0.15, 0.2) is 5.11 Å². The van der Waals surface area contributed by atoms with E-state index < -0.39 is 4.92 Å². The number of nitro groups is 1. The molecule has 2 heterocycles. The molecule has 0 bridgehead atoms. The van der Waals surface area contributed by atoms with Crippen molar-refractivity contribution in [3.8, 4) is 22.8 Å². The van der Waals surface area contributed by atoms with Gasteiger partial charge in [-0.3, -0.25) is 10.1 Å². The number of thiocarbonyl (C=S) groups is 1. The third-order valence-corrected chi connectivity index (χ3v) is 8.69. The van der Waals surface area contributed by atoms with Crippen LogP contribution in [0, 0.1) is 10.1 Å². The molecule has 4 rings (SSSR count). The molecule has 0 atom stereocenters. The predicted molar refractivity (Wildman–Crippen MR) is 166 cm³/mol. The maximum atomic E-state index is 11.5. The highest BCUT2D eigenvalue weighted by Crippen LogP contribution is 2.43. The number of aromatic nitrogens is 1. The zero-order chi connectivity index (χ0) is 29.4. The van der Waals surface area contributed by atoms with Crippen LogP contribution in [-0.2, 0) is 10.8 Å².